The van der Waals surface area contributed by atoms with Crippen LogP contribution in [-0.2, 0) is 33.5 Å². The van der Waals surface area contributed by atoms with E-state index in [2.05, 4.69) is 4.74 Å². The van der Waals surface area contributed by atoms with Gasteiger partial charge in [-0.1, -0.05) is 0 Å². The normalized spacial score (nSPS) is 8.18. The summed E-state index contributed by atoms with van der Waals surface area (Å²) in [4.78, 5) is 59.2. The average molecular weight is 320 g/mol. The van der Waals surface area contributed by atoms with E-state index in [0.717, 1.165) is 0 Å². The summed E-state index contributed by atoms with van der Waals surface area (Å²) in [6, 6.07) is 0. The first kappa shape index (κ1) is 24.4. The Morgan fingerprint density at radius 1 is 0.682 bits per heavy atom. The minimum absolute atomic E-state index is 0.0625. The first-order chi connectivity index (χ1) is 9.92. The molecule has 0 fully saturated rings. The van der Waals surface area contributed by atoms with Crippen LogP contribution in [0.4, 0.5) is 0 Å². The maximum absolute atomic E-state index is 10.2. The minimum Gasteiger partial charge on any atom is -0.481 e. The maximum atomic E-state index is 10.2. The molecule has 22 heavy (non-hydrogen) atoms. The van der Waals surface area contributed by atoms with Crippen LogP contribution in [0.1, 0.15) is 40.0 Å². The molecule has 0 aliphatic carbocycles. The molecule has 0 heterocycles. The van der Waals surface area contributed by atoms with Gasteiger partial charge in [-0.05, 0) is 20.8 Å². The van der Waals surface area contributed by atoms with Gasteiger partial charge in [-0.15, -0.1) is 0 Å². The Balaban J connectivity index is -0.000000247. The van der Waals surface area contributed by atoms with E-state index in [9.17, 15) is 28.8 Å². The third kappa shape index (κ3) is 36.0. The number of ether oxygens (including phenoxy) is 1. The van der Waals surface area contributed by atoms with Gasteiger partial charge in [0.05, 0.1) is 13.5 Å². The van der Waals surface area contributed by atoms with Crippen LogP contribution in [0.15, 0.2) is 0 Å². The van der Waals surface area contributed by atoms with E-state index in [1.807, 2.05) is 0 Å². The zero-order valence-electron chi connectivity index (χ0n) is 12.9. The number of carbonyl (C=O) groups excluding carboxylic acids is 4. The number of carboxylic acids is 2. The van der Waals surface area contributed by atoms with Crippen LogP contribution in [0.3, 0.4) is 0 Å². The van der Waals surface area contributed by atoms with Crippen molar-refractivity contribution in [1.29, 1.82) is 0 Å². The predicted octanol–water partition coefficient (Wildman–Crippen LogP) is 0.239. The number of aliphatic carboxylic acids is 2. The number of methoxy groups -OCH3 is 1. The van der Waals surface area contributed by atoms with Crippen LogP contribution in [0.2, 0.25) is 0 Å². The second-order valence-electron chi connectivity index (χ2n) is 4.00. The number of esters is 1. The largest absolute Gasteiger partial charge is 0.481 e. The van der Waals surface area contributed by atoms with Crippen molar-refractivity contribution in [1.82, 2.24) is 0 Å². The highest BCUT2D eigenvalue weighted by Gasteiger charge is 2.02. The van der Waals surface area contributed by atoms with E-state index >= 15 is 0 Å². The van der Waals surface area contributed by atoms with Crippen LogP contribution in [0, 0.1) is 0 Å². The number of Topliss-reactive ketones (excluding diaryl/α,β-unsaturated/α-hetero) is 3. The van der Waals surface area contributed by atoms with Gasteiger partial charge in [0.2, 0.25) is 0 Å². The van der Waals surface area contributed by atoms with Crippen LogP contribution >= 0.6 is 0 Å². The summed E-state index contributed by atoms with van der Waals surface area (Å²) in [5.74, 6) is -3.39. The van der Waals surface area contributed by atoms with Gasteiger partial charge in [-0.25, -0.2) is 0 Å². The van der Waals surface area contributed by atoms with E-state index in [-0.39, 0.29) is 30.2 Å². The Hall–Kier alpha value is -2.58. The van der Waals surface area contributed by atoms with Crippen molar-refractivity contribution in [3.8, 4) is 0 Å². The Labute approximate surface area is 127 Å². The topological polar surface area (TPSA) is 152 Å². The van der Waals surface area contributed by atoms with Crippen LogP contribution in [-0.4, -0.2) is 52.6 Å². The van der Waals surface area contributed by atoms with Crippen molar-refractivity contribution >= 4 is 35.3 Å². The predicted molar refractivity (Wildman–Crippen MR) is 73.2 cm³/mol. The molecule has 0 saturated carbocycles. The molecule has 0 radical (unpaired) electrons. The molecule has 0 bridgehead atoms. The molecule has 0 aromatic rings. The fraction of sp³-hybridized carbons (Fsp3) is 0.538. The van der Waals surface area contributed by atoms with E-state index in [0.29, 0.717) is 0 Å². The number of ketones is 3. The highest BCUT2D eigenvalue weighted by atomic mass is 16.5. The SMILES string of the molecule is CC(=O)CC(C)=O.COC(=O)CC(C)=O.O=C(O)CC(=O)O. The molecule has 0 amide bonds. The number of carboxylic acid groups (broad SMARTS) is 2. The highest BCUT2D eigenvalue weighted by Crippen LogP contribution is 1.83. The summed E-state index contributed by atoms with van der Waals surface area (Å²) in [5.41, 5.74) is 0. The lowest BCUT2D eigenvalue weighted by Gasteiger charge is -1.90. The van der Waals surface area contributed by atoms with Gasteiger partial charge in [0.25, 0.3) is 0 Å². The van der Waals surface area contributed by atoms with Crippen molar-refractivity contribution in [2.45, 2.75) is 40.0 Å². The number of carbonyl (C=O) groups is 6. The molecule has 0 spiro atoms. The molecule has 0 atom stereocenters. The molecule has 0 aliphatic rings. The summed E-state index contributed by atoms with van der Waals surface area (Å²) in [6.07, 6.45) is -0.837. The maximum Gasteiger partial charge on any atom is 0.314 e. The van der Waals surface area contributed by atoms with Crippen molar-refractivity contribution in [2.75, 3.05) is 7.11 Å². The number of hydrogen-bond donors (Lipinski definition) is 2. The van der Waals surface area contributed by atoms with Gasteiger partial charge >= 0.3 is 17.9 Å². The number of hydrogen-bond acceptors (Lipinski definition) is 7. The molecular formula is C13H20O9. The molecule has 126 valence electrons. The first-order valence-corrected chi connectivity index (χ1v) is 5.91. The Morgan fingerprint density at radius 2 is 1.00 bits per heavy atom. The van der Waals surface area contributed by atoms with E-state index in [1.165, 1.54) is 27.9 Å². The van der Waals surface area contributed by atoms with Crippen LogP contribution in [0.5, 0.6) is 0 Å². The molecule has 0 saturated heterocycles. The lowest BCUT2D eigenvalue weighted by Crippen LogP contribution is -2.05. The van der Waals surface area contributed by atoms with E-state index < -0.39 is 24.3 Å². The minimum atomic E-state index is -1.31. The fourth-order valence-electron chi connectivity index (χ4n) is 0.755. The lowest BCUT2D eigenvalue weighted by molar-refractivity contribution is -0.147. The zero-order chi connectivity index (χ0) is 18.3. The second-order valence-corrected chi connectivity index (χ2v) is 4.00. The molecule has 0 aliphatic heterocycles. The lowest BCUT2D eigenvalue weighted by atomic mass is 10.2. The van der Waals surface area contributed by atoms with Crippen molar-refractivity contribution in [3.05, 3.63) is 0 Å². The molecule has 0 aromatic heterocycles. The summed E-state index contributed by atoms with van der Waals surface area (Å²) in [7, 11) is 1.26. The van der Waals surface area contributed by atoms with Gasteiger partial charge in [0.1, 0.15) is 30.2 Å². The molecule has 0 unspecified atom stereocenters. The third-order valence-corrected chi connectivity index (χ3v) is 1.42. The van der Waals surface area contributed by atoms with Gasteiger partial charge < -0.3 is 14.9 Å². The van der Waals surface area contributed by atoms with Crippen LogP contribution in [0.25, 0.3) is 0 Å². The Bertz CT molecular complexity index is 373. The van der Waals surface area contributed by atoms with Crippen LogP contribution < -0.4 is 0 Å². The molecule has 0 rings (SSSR count). The summed E-state index contributed by atoms with van der Waals surface area (Å²) in [5, 5.41) is 15.4. The molecule has 0 aromatic carbocycles. The first-order valence-electron chi connectivity index (χ1n) is 5.91. The monoisotopic (exact) mass is 320 g/mol. The van der Waals surface area contributed by atoms with Gasteiger partial charge in [-0.3, -0.25) is 28.8 Å². The summed E-state index contributed by atoms with van der Waals surface area (Å²) in [6.45, 7) is 4.15. The Morgan fingerprint density at radius 3 is 1.05 bits per heavy atom. The molecule has 9 nitrogen and oxygen atoms in total. The molecule has 2 N–H and O–H groups in total. The van der Waals surface area contributed by atoms with Crippen molar-refractivity contribution in [2.24, 2.45) is 0 Å². The fourth-order valence-corrected chi connectivity index (χ4v) is 0.755. The molecule has 9 heteroatoms. The standard InChI is InChI=1S/C5H8O3.C5H8O2.C3H4O4/c1-4(6)3-5(7)8-2;1-4(6)3-5(2)7;4-2(5)1-3(6)7/h3H2,1-2H3;3H2,1-2H3;1H2,(H,4,5)(H,6,7). The number of rotatable bonds is 6. The summed E-state index contributed by atoms with van der Waals surface area (Å²) >= 11 is 0. The third-order valence-electron chi connectivity index (χ3n) is 1.42. The Kier molecular flexibility index (Phi) is 16.5. The van der Waals surface area contributed by atoms with Crippen molar-refractivity contribution < 1.29 is 43.7 Å². The highest BCUT2D eigenvalue weighted by molar-refractivity contribution is 5.96. The van der Waals surface area contributed by atoms with E-state index in [4.69, 9.17) is 10.2 Å². The van der Waals surface area contributed by atoms with Gasteiger partial charge in [-0.2, -0.15) is 0 Å². The van der Waals surface area contributed by atoms with Crippen molar-refractivity contribution in [3.63, 3.8) is 0 Å². The van der Waals surface area contributed by atoms with Gasteiger partial charge in [0, 0.05) is 0 Å². The summed E-state index contributed by atoms with van der Waals surface area (Å²) < 4.78 is 4.20. The van der Waals surface area contributed by atoms with E-state index in [1.54, 1.807) is 0 Å². The van der Waals surface area contributed by atoms with Gasteiger partial charge in [0.15, 0.2) is 0 Å². The smallest absolute Gasteiger partial charge is 0.314 e. The average Bonchev–Trinajstić information content (AvgIpc) is 2.25. The molecular weight excluding hydrogens is 300 g/mol. The quantitative estimate of drug-likeness (QED) is 0.517. The zero-order valence-corrected chi connectivity index (χ0v) is 12.9. The second kappa shape index (κ2) is 14.8.